The van der Waals surface area contributed by atoms with E-state index in [-0.39, 0.29) is 23.1 Å². The summed E-state index contributed by atoms with van der Waals surface area (Å²) < 4.78 is 31.9. The minimum atomic E-state index is -0.697. The van der Waals surface area contributed by atoms with Crippen LogP contribution in [0, 0.1) is 30.4 Å². The molecule has 1 saturated carbocycles. The van der Waals surface area contributed by atoms with Crippen LogP contribution in [-0.2, 0) is 4.79 Å². The number of carbonyl (C=O) groups is 1. The maximum atomic E-state index is 15.3. The molecule has 2 aliphatic rings. The molecule has 2 atom stereocenters. The zero-order valence-electron chi connectivity index (χ0n) is 16.6. The molecular weight excluding hydrogens is 402 g/mol. The molecular formula is C22H18F2N6O. The van der Waals surface area contributed by atoms with E-state index in [1.807, 2.05) is 6.07 Å². The van der Waals surface area contributed by atoms with E-state index >= 15 is 8.78 Å². The molecule has 156 valence electrons. The van der Waals surface area contributed by atoms with Gasteiger partial charge in [0.1, 0.15) is 11.6 Å². The van der Waals surface area contributed by atoms with Crippen molar-refractivity contribution in [1.29, 1.82) is 0 Å². The zero-order chi connectivity index (χ0) is 21.3. The number of nitrogens with zero attached hydrogens (tertiary/aromatic N) is 5. The lowest BCUT2D eigenvalue weighted by Gasteiger charge is -2.48. The number of amides is 1. The molecule has 2 aromatic heterocycles. The topological polar surface area (TPSA) is 79.7 Å². The van der Waals surface area contributed by atoms with Crippen molar-refractivity contribution in [3.63, 3.8) is 0 Å². The number of imidazole rings is 1. The maximum absolute atomic E-state index is 15.3. The molecule has 0 radical (unpaired) electrons. The third-order valence-corrected chi connectivity index (χ3v) is 6.19. The van der Waals surface area contributed by atoms with Gasteiger partial charge < -0.3 is 9.88 Å². The van der Waals surface area contributed by atoms with E-state index in [0.29, 0.717) is 16.9 Å². The Balaban J connectivity index is 1.44. The molecule has 31 heavy (non-hydrogen) atoms. The fourth-order valence-electron chi connectivity index (χ4n) is 4.55. The third-order valence-electron chi connectivity index (χ3n) is 6.19. The summed E-state index contributed by atoms with van der Waals surface area (Å²) in [4.78, 5) is 21.8. The first-order chi connectivity index (χ1) is 15.0. The Morgan fingerprint density at radius 1 is 1.10 bits per heavy atom. The molecule has 0 spiro atoms. The Hall–Kier alpha value is -3.62. The Labute approximate surface area is 175 Å². The highest BCUT2D eigenvalue weighted by Gasteiger charge is 2.56. The van der Waals surface area contributed by atoms with E-state index in [2.05, 4.69) is 20.3 Å². The summed E-state index contributed by atoms with van der Waals surface area (Å²) in [5.74, 6) is -1.75. The Bertz CT molecular complexity index is 1320. The van der Waals surface area contributed by atoms with Crippen LogP contribution in [0.1, 0.15) is 30.1 Å². The predicted molar refractivity (Wildman–Crippen MR) is 109 cm³/mol. The van der Waals surface area contributed by atoms with Crippen molar-refractivity contribution in [3.05, 3.63) is 65.7 Å². The van der Waals surface area contributed by atoms with Gasteiger partial charge in [-0.05, 0) is 43.9 Å². The number of fused-ring (bicyclic) bond motifs is 1. The molecule has 4 aromatic rings. The van der Waals surface area contributed by atoms with Crippen molar-refractivity contribution in [1.82, 2.24) is 25.0 Å². The number of aromatic nitrogens is 5. The molecule has 9 heteroatoms. The van der Waals surface area contributed by atoms with Gasteiger partial charge in [0, 0.05) is 23.4 Å². The van der Waals surface area contributed by atoms with Gasteiger partial charge in [-0.25, -0.2) is 18.4 Å². The molecule has 3 heterocycles. The van der Waals surface area contributed by atoms with Gasteiger partial charge in [0.2, 0.25) is 5.91 Å². The van der Waals surface area contributed by atoms with Crippen LogP contribution in [0.2, 0.25) is 0 Å². The largest absolute Gasteiger partial charge is 0.345 e. The number of anilines is 1. The molecule has 1 amide bonds. The summed E-state index contributed by atoms with van der Waals surface area (Å²) >= 11 is 0. The van der Waals surface area contributed by atoms with Gasteiger partial charge >= 0.3 is 0 Å². The first-order valence-corrected chi connectivity index (χ1v) is 10.2. The van der Waals surface area contributed by atoms with Crippen molar-refractivity contribution in [2.75, 3.05) is 4.90 Å². The minimum absolute atomic E-state index is 0.0841. The van der Waals surface area contributed by atoms with Gasteiger partial charge in [0.05, 0.1) is 46.9 Å². The van der Waals surface area contributed by atoms with Crippen molar-refractivity contribution in [2.24, 2.45) is 11.8 Å². The maximum Gasteiger partial charge on any atom is 0.233 e. The number of benzene rings is 2. The van der Waals surface area contributed by atoms with Crippen LogP contribution in [0.5, 0.6) is 0 Å². The number of aryl methyl sites for hydroxylation is 1. The molecule has 1 N–H and O–H groups in total. The first-order valence-electron chi connectivity index (χ1n) is 10.2. The van der Waals surface area contributed by atoms with Crippen LogP contribution in [0.4, 0.5) is 14.5 Å². The highest BCUT2D eigenvalue weighted by molar-refractivity contribution is 6.04. The number of carbonyl (C=O) groups excluding carboxylic acids is 1. The molecule has 0 bridgehead atoms. The average Bonchev–Trinajstić information content (AvgIpc) is 3.26. The normalized spacial score (nSPS) is 21.0. The summed E-state index contributed by atoms with van der Waals surface area (Å²) in [6.45, 7) is 1.75. The quantitative estimate of drug-likeness (QED) is 0.509. The molecule has 2 unspecified atom stereocenters. The van der Waals surface area contributed by atoms with Gasteiger partial charge in [-0.2, -0.15) is 0 Å². The second kappa shape index (κ2) is 6.44. The van der Waals surface area contributed by atoms with Gasteiger partial charge in [-0.1, -0.05) is 5.21 Å². The number of hydrogen-bond donors (Lipinski definition) is 1. The lowest BCUT2D eigenvalue weighted by Crippen LogP contribution is -2.56. The van der Waals surface area contributed by atoms with E-state index in [4.69, 9.17) is 0 Å². The van der Waals surface area contributed by atoms with Crippen LogP contribution in [0.15, 0.2) is 42.9 Å². The van der Waals surface area contributed by atoms with Gasteiger partial charge in [0.25, 0.3) is 0 Å². The number of hydrogen-bond acceptors (Lipinski definition) is 4. The molecule has 1 aliphatic heterocycles. The predicted octanol–water partition coefficient (Wildman–Crippen LogP) is 3.84. The van der Waals surface area contributed by atoms with Crippen molar-refractivity contribution in [3.8, 4) is 5.69 Å². The lowest BCUT2D eigenvalue weighted by atomic mass is 9.78. The highest BCUT2D eigenvalue weighted by Crippen LogP contribution is 2.54. The molecule has 7 nitrogen and oxygen atoms in total. The zero-order valence-corrected chi connectivity index (χ0v) is 16.6. The second-order valence-electron chi connectivity index (χ2n) is 8.25. The summed E-state index contributed by atoms with van der Waals surface area (Å²) in [7, 11) is 0. The third kappa shape index (κ3) is 2.76. The summed E-state index contributed by atoms with van der Waals surface area (Å²) in [5.41, 5.74) is 2.91. The van der Waals surface area contributed by atoms with Crippen LogP contribution in [-0.4, -0.2) is 30.9 Å². The SMILES string of the molecule is Cc1cn(-c2cc(F)c(C3C(C4CC4)C(=O)N3c3ccc4[nH]cnc4c3)c(F)c2)nn1. The molecule has 1 aliphatic carbocycles. The van der Waals surface area contributed by atoms with Gasteiger partial charge in [-0.15, -0.1) is 5.10 Å². The highest BCUT2D eigenvalue weighted by atomic mass is 19.1. The Morgan fingerprint density at radius 3 is 2.55 bits per heavy atom. The smallest absolute Gasteiger partial charge is 0.233 e. The number of nitrogens with one attached hydrogen (secondary N) is 1. The molecule has 2 fully saturated rings. The van der Waals surface area contributed by atoms with Crippen molar-refractivity contribution in [2.45, 2.75) is 25.8 Å². The number of H-pyrrole nitrogens is 1. The number of β-lactam (4-membered cyclic amide) rings is 1. The van der Waals surface area contributed by atoms with Crippen molar-refractivity contribution < 1.29 is 13.6 Å². The van der Waals surface area contributed by atoms with E-state index in [0.717, 1.165) is 18.4 Å². The molecule has 6 rings (SSSR count). The summed E-state index contributed by atoms with van der Waals surface area (Å²) in [5, 5.41) is 7.76. The van der Waals surface area contributed by atoms with Crippen LogP contribution in [0.3, 0.4) is 0 Å². The van der Waals surface area contributed by atoms with Crippen LogP contribution < -0.4 is 4.90 Å². The molecule has 1 saturated heterocycles. The summed E-state index contributed by atoms with van der Waals surface area (Å²) in [6.07, 6.45) is 4.97. The minimum Gasteiger partial charge on any atom is -0.345 e. The Morgan fingerprint density at radius 2 is 1.87 bits per heavy atom. The number of halogens is 2. The van der Waals surface area contributed by atoms with Crippen LogP contribution >= 0.6 is 0 Å². The lowest BCUT2D eigenvalue weighted by molar-refractivity contribution is -0.131. The van der Waals surface area contributed by atoms with E-state index in [1.54, 1.807) is 31.6 Å². The second-order valence-corrected chi connectivity index (χ2v) is 8.25. The van der Waals surface area contributed by atoms with E-state index < -0.39 is 23.6 Å². The fourth-order valence-corrected chi connectivity index (χ4v) is 4.55. The van der Waals surface area contributed by atoms with E-state index in [9.17, 15) is 4.79 Å². The Kier molecular flexibility index (Phi) is 3.77. The number of rotatable bonds is 4. The van der Waals surface area contributed by atoms with Crippen LogP contribution in [0.25, 0.3) is 16.7 Å². The van der Waals surface area contributed by atoms with Gasteiger partial charge in [0.15, 0.2) is 0 Å². The van der Waals surface area contributed by atoms with Crippen molar-refractivity contribution >= 4 is 22.6 Å². The van der Waals surface area contributed by atoms with E-state index in [1.165, 1.54) is 21.7 Å². The average molecular weight is 420 g/mol. The first kappa shape index (κ1) is 18.2. The van der Waals surface area contributed by atoms with Gasteiger partial charge in [-0.3, -0.25) is 4.79 Å². The summed E-state index contributed by atoms with van der Waals surface area (Å²) in [6, 6.07) is 7.15. The molecule has 2 aromatic carbocycles. The monoisotopic (exact) mass is 420 g/mol. The number of aromatic amines is 1. The fraction of sp³-hybridized carbons (Fsp3) is 0.273. The standard InChI is InChI=1S/C22H18F2N6O/c1-11-9-29(28-27-11)14-6-15(23)20(16(24)7-14)21-19(12-2-3-12)22(31)30(21)13-4-5-17-18(8-13)26-10-25-17/h4-10,12,19,21H,2-3H2,1H3,(H,25,26).